The van der Waals surface area contributed by atoms with Gasteiger partial charge in [-0.25, -0.2) is 4.79 Å². The zero-order valence-electron chi connectivity index (χ0n) is 12.1. The molecule has 1 N–H and O–H groups in total. The Morgan fingerprint density at radius 2 is 1.96 bits per heavy atom. The maximum atomic E-state index is 12.8. The molecule has 1 amide bonds. The summed E-state index contributed by atoms with van der Waals surface area (Å²) in [4.78, 5) is 26.4. The molecule has 0 atom stereocenters. The lowest BCUT2D eigenvalue weighted by atomic mass is 10.1. The lowest BCUT2D eigenvalue weighted by Crippen LogP contribution is -2.23. The highest BCUT2D eigenvalue weighted by atomic mass is 35.5. The van der Waals surface area contributed by atoms with E-state index in [0.29, 0.717) is 27.5 Å². The van der Waals surface area contributed by atoms with Crippen molar-refractivity contribution >= 4 is 46.6 Å². The highest BCUT2D eigenvalue weighted by Crippen LogP contribution is 2.41. The van der Waals surface area contributed by atoms with Crippen LogP contribution in [-0.2, 0) is 4.79 Å². The monoisotopic (exact) mass is 345 g/mol. The molecular formula is C17H12ClNO3S. The van der Waals surface area contributed by atoms with Crippen LogP contribution in [0.1, 0.15) is 15.9 Å². The maximum Gasteiger partial charge on any atom is 0.330 e. The molecule has 4 nitrogen and oxygen atoms in total. The summed E-state index contributed by atoms with van der Waals surface area (Å²) in [5.74, 6) is -1.38. The average Bonchev–Trinajstić information content (AvgIpc) is 2.78. The number of aliphatic carboxylic acids is 1. The third-order valence-electron chi connectivity index (χ3n) is 3.52. The van der Waals surface area contributed by atoms with Gasteiger partial charge in [-0.05, 0) is 36.6 Å². The molecule has 23 heavy (non-hydrogen) atoms. The number of carboxylic acids is 1. The largest absolute Gasteiger partial charge is 0.478 e. The van der Waals surface area contributed by atoms with Crippen LogP contribution in [0.2, 0.25) is 5.02 Å². The highest BCUT2D eigenvalue weighted by Gasteiger charge is 2.35. The van der Waals surface area contributed by atoms with Crippen LogP contribution in [0.3, 0.4) is 0 Å². The van der Waals surface area contributed by atoms with Crippen molar-refractivity contribution in [3.63, 3.8) is 0 Å². The number of rotatable bonds is 3. The Hall–Kier alpha value is -2.24. The Morgan fingerprint density at radius 3 is 2.65 bits per heavy atom. The molecule has 2 aromatic carbocycles. The topological polar surface area (TPSA) is 57.6 Å². The molecule has 0 saturated heterocycles. The van der Waals surface area contributed by atoms with E-state index in [9.17, 15) is 14.7 Å². The van der Waals surface area contributed by atoms with Gasteiger partial charge in [0.25, 0.3) is 5.91 Å². The fourth-order valence-corrected chi connectivity index (χ4v) is 3.33. The number of halogens is 1. The quantitative estimate of drug-likeness (QED) is 0.670. The zero-order chi connectivity index (χ0) is 16.6. The summed E-state index contributed by atoms with van der Waals surface area (Å²) in [5.41, 5.74) is 1.95. The minimum atomic E-state index is -1.12. The SMILES string of the molecule is CSc1ccccc1N1C(=O)c2ccc(Cl)cc2C1=CC(=O)O. The Bertz CT molecular complexity index is 847. The number of amides is 1. The van der Waals surface area contributed by atoms with Gasteiger partial charge in [-0.3, -0.25) is 9.69 Å². The van der Waals surface area contributed by atoms with E-state index in [1.165, 1.54) is 16.7 Å². The molecule has 3 rings (SSSR count). The Balaban J connectivity index is 2.25. The molecule has 1 heterocycles. The summed E-state index contributed by atoms with van der Waals surface area (Å²) in [7, 11) is 0. The molecule has 6 heteroatoms. The van der Waals surface area contributed by atoms with E-state index in [1.54, 1.807) is 24.3 Å². The number of nitrogens with zero attached hydrogens (tertiary/aromatic N) is 1. The number of hydrogen-bond donors (Lipinski definition) is 1. The van der Waals surface area contributed by atoms with E-state index < -0.39 is 5.97 Å². The summed E-state index contributed by atoms with van der Waals surface area (Å²) < 4.78 is 0. The maximum absolute atomic E-state index is 12.8. The van der Waals surface area contributed by atoms with Crippen molar-refractivity contribution in [2.75, 3.05) is 11.2 Å². The van der Waals surface area contributed by atoms with E-state index in [4.69, 9.17) is 11.6 Å². The summed E-state index contributed by atoms with van der Waals surface area (Å²) in [5, 5.41) is 9.65. The van der Waals surface area contributed by atoms with Crippen LogP contribution in [0, 0.1) is 0 Å². The first kappa shape index (κ1) is 15.6. The van der Waals surface area contributed by atoms with Gasteiger partial charge in [0, 0.05) is 27.1 Å². The van der Waals surface area contributed by atoms with Gasteiger partial charge in [0.15, 0.2) is 0 Å². The minimum absolute atomic E-state index is 0.259. The number of carbonyl (C=O) groups excluding carboxylic acids is 1. The third-order valence-corrected chi connectivity index (χ3v) is 4.54. The highest BCUT2D eigenvalue weighted by molar-refractivity contribution is 7.98. The second kappa shape index (κ2) is 6.10. The van der Waals surface area contributed by atoms with Crippen molar-refractivity contribution in [1.82, 2.24) is 0 Å². The first-order valence-electron chi connectivity index (χ1n) is 6.75. The average molecular weight is 346 g/mol. The normalized spacial score (nSPS) is 15.1. The standard InChI is InChI=1S/C17H12ClNO3S/c1-23-15-5-3-2-4-13(15)19-14(9-16(20)21)12-8-10(18)6-7-11(12)17(19)22/h2-9H,1H3,(H,20,21). The van der Waals surface area contributed by atoms with Crippen molar-refractivity contribution in [2.45, 2.75) is 4.90 Å². The number of thioether (sulfide) groups is 1. The first-order chi connectivity index (χ1) is 11.0. The second-order valence-electron chi connectivity index (χ2n) is 4.87. The number of fused-ring (bicyclic) bond motifs is 1. The Labute approximate surface area is 142 Å². The lowest BCUT2D eigenvalue weighted by molar-refractivity contribution is -0.131. The Morgan fingerprint density at radius 1 is 1.22 bits per heavy atom. The molecule has 0 fully saturated rings. The molecule has 116 valence electrons. The number of anilines is 1. The van der Waals surface area contributed by atoms with Gasteiger partial charge in [-0.15, -0.1) is 11.8 Å². The molecule has 0 bridgehead atoms. The van der Waals surface area contributed by atoms with Crippen LogP contribution in [0.15, 0.2) is 53.4 Å². The molecule has 0 unspecified atom stereocenters. The summed E-state index contributed by atoms with van der Waals surface area (Å²) in [6.45, 7) is 0. The van der Waals surface area contributed by atoms with Crippen LogP contribution in [0.4, 0.5) is 5.69 Å². The smallest absolute Gasteiger partial charge is 0.330 e. The van der Waals surface area contributed by atoms with E-state index in [-0.39, 0.29) is 5.91 Å². The summed E-state index contributed by atoms with van der Waals surface area (Å²) in [6.07, 6.45) is 2.95. The van der Waals surface area contributed by atoms with Crippen molar-refractivity contribution < 1.29 is 14.7 Å². The number of para-hydroxylation sites is 1. The van der Waals surface area contributed by atoms with Crippen molar-refractivity contribution in [3.05, 3.63) is 64.7 Å². The van der Waals surface area contributed by atoms with Gasteiger partial charge in [-0.1, -0.05) is 23.7 Å². The first-order valence-corrected chi connectivity index (χ1v) is 8.35. The van der Waals surface area contributed by atoms with E-state index in [1.807, 2.05) is 24.5 Å². The molecule has 1 aliphatic heterocycles. The van der Waals surface area contributed by atoms with Gasteiger partial charge >= 0.3 is 5.97 Å². The molecule has 0 spiro atoms. The van der Waals surface area contributed by atoms with Crippen molar-refractivity contribution in [2.24, 2.45) is 0 Å². The van der Waals surface area contributed by atoms with E-state index in [0.717, 1.165) is 11.0 Å². The molecular weight excluding hydrogens is 334 g/mol. The van der Waals surface area contributed by atoms with Gasteiger partial charge in [-0.2, -0.15) is 0 Å². The number of benzene rings is 2. The van der Waals surface area contributed by atoms with Crippen LogP contribution in [-0.4, -0.2) is 23.2 Å². The van der Waals surface area contributed by atoms with Crippen LogP contribution < -0.4 is 4.90 Å². The molecule has 0 aromatic heterocycles. The van der Waals surface area contributed by atoms with Crippen molar-refractivity contribution in [1.29, 1.82) is 0 Å². The van der Waals surface area contributed by atoms with Gasteiger partial charge < -0.3 is 5.11 Å². The number of hydrogen-bond acceptors (Lipinski definition) is 3. The lowest BCUT2D eigenvalue weighted by Gasteiger charge is -2.20. The molecule has 0 saturated carbocycles. The van der Waals surface area contributed by atoms with Crippen LogP contribution >= 0.6 is 23.4 Å². The molecule has 1 aliphatic rings. The molecule has 2 aromatic rings. The van der Waals surface area contributed by atoms with Gasteiger partial charge in [0.2, 0.25) is 0 Å². The summed E-state index contributed by atoms with van der Waals surface area (Å²) in [6, 6.07) is 12.2. The third kappa shape index (κ3) is 2.73. The van der Waals surface area contributed by atoms with Crippen LogP contribution in [0.5, 0.6) is 0 Å². The van der Waals surface area contributed by atoms with E-state index >= 15 is 0 Å². The number of carbonyl (C=O) groups is 2. The second-order valence-corrected chi connectivity index (χ2v) is 6.15. The Kier molecular flexibility index (Phi) is 4.15. The summed E-state index contributed by atoms with van der Waals surface area (Å²) >= 11 is 7.51. The van der Waals surface area contributed by atoms with Crippen LogP contribution in [0.25, 0.3) is 5.70 Å². The predicted molar refractivity (Wildman–Crippen MR) is 92.1 cm³/mol. The zero-order valence-corrected chi connectivity index (χ0v) is 13.7. The number of carboxylic acid groups (broad SMARTS) is 1. The van der Waals surface area contributed by atoms with Crippen molar-refractivity contribution in [3.8, 4) is 0 Å². The molecule has 0 radical (unpaired) electrons. The van der Waals surface area contributed by atoms with Gasteiger partial charge in [0.05, 0.1) is 11.4 Å². The van der Waals surface area contributed by atoms with E-state index in [2.05, 4.69) is 0 Å². The fraction of sp³-hybridized carbons (Fsp3) is 0.0588. The minimum Gasteiger partial charge on any atom is -0.478 e. The predicted octanol–water partition coefficient (Wildman–Crippen LogP) is 4.15. The molecule has 0 aliphatic carbocycles. The fourth-order valence-electron chi connectivity index (χ4n) is 2.58. The van der Waals surface area contributed by atoms with Gasteiger partial charge in [0.1, 0.15) is 0 Å².